The molecule has 106 valence electrons. The van der Waals surface area contributed by atoms with Gasteiger partial charge in [-0.1, -0.05) is 20.8 Å². The second kappa shape index (κ2) is 6.74. The number of aromatic nitrogens is 4. The van der Waals surface area contributed by atoms with Crippen molar-refractivity contribution in [1.29, 1.82) is 0 Å². The van der Waals surface area contributed by atoms with Gasteiger partial charge in [-0.25, -0.2) is 19.9 Å². The van der Waals surface area contributed by atoms with Gasteiger partial charge in [-0.05, 0) is 34.3 Å². The van der Waals surface area contributed by atoms with Gasteiger partial charge in [0.15, 0.2) is 11.6 Å². The molecule has 0 fully saturated rings. The van der Waals surface area contributed by atoms with Crippen LogP contribution in [0.1, 0.15) is 38.8 Å². The highest BCUT2D eigenvalue weighted by molar-refractivity contribution is 9.10. The zero-order chi connectivity index (χ0) is 14.5. The lowest BCUT2D eigenvalue weighted by molar-refractivity contribution is 0.805. The summed E-state index contributed by atoms with van der Waals surface area (Å²) in [6.45, 7) is 7.19. The van der Waals surface area contributed by atoms with Crippen LogP contribution >= 0.6 is 15.9 Å². The number of hydrogen-bond donors (Lipinski definition) is 1. The molecule has 0 aliphatic rings. The van der Waals surface area contributed by atoms with Gasteiger partial charge in [0.2, 0.25) is 0 Å². The Kier molecular flexibility index (Phi) is 5.00. The summed E-state index contributed by atoms with van der Waals surface area (Å²) in [5.41, 5.74) is 0.959. The molecule has 6 heteroatoms. The van der Waals surface area contributed by atoms with E-state index in [0.717, 1.165) is 29.0 Å². The fourth-order valence-electron chi connectivity index (χ4n) is 1.72. The minimum Gasteiger partial charge on any atom is -0.369 e. The molecular weight excluding hydrogens is 318 g/mol. The molecule has 2 aromatic rings. The van der Waals surface area contributed by atoms with Crippen LogP contribution in [0.15, 0.2) is 22.9 Å². The highest BCUT2D eigenvalue weighted by Crippen LogP contribution is 2.30. The molecule has 0 aliphatic carbocycles. The van der Waals surface area contributed by atoms with Crippen molar-refractivity contribution in [3.05, 3.63) is 28.6 Å². The smallest absolute Gasteiger partial charge is 0.200 e. The molecule has 2 aromatic heterocycles. The lowest BCUT2D eigenvalue weighted by Gasteiger charge is -2.14. The monoisotopic (exact) mass is 335 g/mol. The first-order valence-electron chi connectivity index (χ1n) is 6.72. The summed E-state index contributed by atoms with van der Waals surface area (Å²) in [6, 6.07) is 1.78. The highest BCUT2D eigenvalue weighted by Gasteiger charge is 2.16. The Morgan fingerprint density at radius 3 is 2.45 bits per heavy atom. The van der Waals surface area contributed by atoms with Crippen molar-refractivity contribution in [1.82, 2.24) is 19.9 Å². The standard InChI is InChI=1S/C14H18BrN5/c1-4-6-16-12-10(15)11(9(2)3)19-14(20-12)13-17-7-5-8-18-13/h5,7-9H,4,6H2,1-3H3,(H,16,19,20). The molecule has 0 saturated carbocycles. The zero-order valence-corrected chi connectivity index (χ0v) is 13.5. The first-order chi connectivity index (χ1) is 9.63. The second-order valence-electron chi connectivity index (χ2n) is 4.75. The number of halogens is 1. The molecule has 0 saturated heterocycles. The first kappa shape index (κ1) is 14.8. The van der Waals surface area contributed by atoms with Gasteiger partial charge in [0.1, 0.15) is 5.82 Å². The van der Waals surface area contributed by atoms with Crippen molar-refractivity contribution in [3.8, 4) is 11.6 Å². The summed E-state index contributed by atoms with van der Waals surface area (Å²) in [6.07, 6.45) is 4.43. The van der Waals surface area contributed by atoms with Crippen molar-refractivity contribution in [2.45, 2.75) is 33.1 Å². The molecule has 0 aliphatic heterocycles. The van der Waals surface area contributed by atoms with E-state index in [0.29, 0.717) is 11.6 Å². The maximum atomic E-state index is 4.59. The minimum absolute atomic E-state index is 0.289. The molecule has 1 N–H and O–H groups in total. The fourth-order valence-corrected chi connectivity index (χ4v) is 2.50. The zero-order valence-electron chi connectivity index (χ0n) is 11.9. The van der Waals surface area contributed by atoms with Crippen LogP contribution in [-0.4, -0.2) is 26.5 Å². The van der Waals surface area contributed by atoms with Crippen LogP contribution in [0.3, 0.4) is 0 Å². The first-order valence-corrected chi connectivity index (χ1v) is 7.51. The predicted octanol–water partition coefficient (Wildman–Crippen LogP) is 3.64. The number of anilines is 1. The number of nitrogens with zero attached hydrogens (tertiary/aromatic N) is 4. The Bertz CT molecular complexity index is 571. The molecule has 2 rings (SSSR count). The molecule has 0 spiro atoms. The van der Waals surface area contributed by atoms with Crippen LogP contribution in [0.2, 0.25) is 0 Å². The molecule has 20 heavy (non-hydrogen) atoms. The SMILES string of the molecule is CCCNc1nc(-c2ncccn2)nc(C(C)C)c1Br. The molecule has 0 unspecified atom stereocenters. The van der Waals surface area contributed by atoms with Gasteiger partial charge in [-0.15, -0.1) is 0 Å². The van der Waals surface area contributed by atoms with Crippen LogP contribution in [0.4, 0.5) is 5.82 Å². The Morgan fingerprint density at radius 1 is 1.15 bits per heavy atom. The third-order valence-corrected chi connectivity index (χ3v) is 3.51. The van der Waals surface area contributed by atoms with Gasteiger partial charge in [0.05, 0.1) is 10.2 Å². The van der Waals surface area contributed by atoms with Gasteiger partial charge in [-0.2, -0.15) is 0 Å². The van der Waals surface area contributed by atoms with Crippen molar-refractivity contribution in [3.63, 3.8) is 0 Å². The number of hydrogen-bond acceptors (Lipinski definition) is 5. The molecule has 5 nitrogen and oxygen atoms in total. The van der Waals surface area contributed by atoms with Gasteiger partial charge >= 0.3 is 0 Å². The Hall–Kier alpha value is -1.56. The molecule has 0 atom stereocenters. The van der Waals surface area contributed by atoms with Crippen LogP contribution in [0, 0.1) is 0 Å². The summed E-state index contributed by atoms with van der Waals surface area (Å²) in [4.78, 5) is 17.6. The summed E-state index contributed by atoms with van der Waals surface area (Å²) < 4.78 is 0.917. The molecule has 0 bridgehead atoms. The molecule has 2 heterocycles. The topological polar surface area (TPSA) is 63.6 Å². The van der Waals surface area contributed by atoms with Gasteiger partial charge in [-0.3, -0.25) is 0 Å². The quantitative estimate of drug-likeness (QED) is 0.903. The van der Waals surface area contributed by atoms with E-state index in [2.05, 4.69) is 62.0 Å². The van der Waals surface area contributed by atoms with E-state index < -0.39 is 0 Å². The average molecular weight is 336 g/mol. The molecule has 0 aromatic carbocycles. The van der Waals surface area contributed by atoms with Crippen molar-refractivity contribution < 1.29 is 0 Å². The van der Waals surface area contributed by atoms with Crippen molar-refractivity contribution in [2.75, 3.05) is 11.9 Å². The van der Waals surface area contributed by atoms with Gasteiger partial charge in [0.25, 0.3) is 0 Å². The lowest BCUT2D eigenvalue weighted by Crippen LogP contribution is -2.09. The number of nitrogens with one attached hydrogen (secondary N) is 1. The lowest BCUT2D eigenvalue weighted by atomic mass is 10.1. The van der Waals surface area contributed by atoms with E-state index in [1.165, 1.54) is 0 Å². The fraction of sp³-hybridized carbons (Fsp3) is 0.429. The van der Waals surface area contributed by atoms with Gasteiger partial charge in [0, 0.05) is 18.9 Å². The van der Waals surface area contributed by atoms with Crippen LogP contribution in [0.5, 0.6) is 0 Å². The van der Waals surface area contributed by atoms with E-state index in [4.69, 9.17) is 0 Å². The van der Waals surface area contributed by atoms with E-state index in [9.17, 15) is 0 Å². The Labute approximate surface area is 127 Å². The van der Waals surface area contributed by atoms with Crippen LogP contribution < -0.4 is 5.32 Å². The minimum atomic E-state index is 0.289. The van der Waals surface area contributed by atoms with Gasteiger partial charge < -0.3 is 5.32 Å². The van der Waals surface area contributed by atoms with E-state index >= 15 is 0 Å². The van der Waals surface area contributed by atoms with E-state index in [-0.39, 0.29) is 5.92 Å². The third-order valence-electron chi connectivity index (χ3n) is 2.73. The summed E-state index contributed by atoms with van der Waals surface area (Å²) in [7, 11) is 0. The van der Waals surface area contributed by atoms with E-state index in [1.54, 1.807) is 18.5 Å². The maximum absolute atomic E-state index is 4.59. The van der Waals surface area contributed by atoms with Crippen molar-refractivity contribution >= 4 is 21.7 Å². The van der Waals surface area contributed by atoms with Crippen molar-refractivity contribution in [2.24, 2.45) is 0 Å². The molecule has 0 radical (unpaired) electrons. The highest BCUT2D eigenvalue weighted by atomic mass is 79.9. The van der Waals surface area contributed by atoms with E-state index in [1.807, 2.05) is 0 Å². The molecular formula is C14H18BrN5. The summed E-state index contributed by atoms with van der Waals surface area (Å²) in [5.74, 6) is 2.18. The Morgan fingerprint density at radius 2 is 1.85 bits per heavy atom. The van der Waals surface area contributed by atoms with Crippen LogP contribution in [-0.2, 0) is 0 Å². The normalized spacial score (nSPS) is 10.8. The summed E-state index contributed by atoms with van der Waals surface area (Å²) in [5, 5.41) is 3.31. The summed E-state index contributed by atoms with van der Waals surface area (Å²) >= 11 is 3.59. The predicted molar refractivity (Wildman–Crippen MR) is 83.6 cm³/mol. The average Bonchev–Trinajstić information content (AvgIpc) is 2.46. The second-order valence-corrected chi connectivity index (χ2v) is 5.54. The van der Waals surface area contributed by atoms with Crippen LogP contribution in [0.25, 0.3) is 11.6 Å². The third kappa shape index (κ3) is 3.30. The Balaban J connectivity index is 2.50. The molecule has 0 amide bonds. The number of rotatable bonds is 5. The maximum Gasteiger partial charge on any atom is 0.200 e. The largest absolute Gasteiger partial charge is 0.369 e.